The van der Waals surface area contributed by atoms with E-state index in [1.807, 2.05) is 0 Å². The van der Waals surface area contributed by atoms with E-state index in [9.17, 15) is 0 Å². The quantitative estimate of drug-likeness (QED) is 0.188. The molecule has 2 nitrogen and oxygen atoms in total. The van der Waals surface area contributed by atoms with Crippen LogP contribution in [0.4, 0.5) is 28.4 Å². The van der Waals surface area contributed by atoms with Gasteiger partial charge in [-0.05, 0) is 145 Å². The van der Waals surface area contributed by atoms with Crippen molar-refractivity contribution in [3.05, 3.63) is 209 Å². The molecule has 2 aliphatic carbocycles. The summed E-state index contributed by atoms with van der Waals surface area (Å²) in [7, 11) is 0. The molecule has 59 heavy (non-hydrogen) atoms. The summed E-state index contributed by atoms with van der Waals surface area (Å²) in [5, 5.41) is 3.60. The minimum Gasteiger partial charge on any atom is -0.356 e. The third kappa shape index (κ3) is 5.32. The van der Waals surface area contributed by atoms with Crippen LogP contribution < -0.4 is 10.2 Å². The second-order valence-electron chi connectivity index (χ2n) is 18.3. The molecule has 0 saturated heterocycles. The molecule has 0 atom stereocenters. The third-order valence-corrected chi connectivity index (χ3v) is 13.8. The molecule has 0 aromatic heterocycles. The fourth-order valence-corrected chi connectivity index (χ4v) is 10.5. The number of anilines is 5. The van der Waals surface area contributed by atoms with Crippen LogP contribution in [-0.4, -0.2) is 0 Å². The van der Waals surface area contributed by atoms with E-state index in [2.05, 4.69) is 228 Å². The maximum Gasteiger partial charge on any atom is 0.0506 e. The van der Waals surface area contributed by atoms with Gasteiger partial charge in [0.25, 0.3) is 0 Å². The Labute approximate surface area is 348 Å². The maximum absolute atomic E-state index is 3.60. The molecular formula is C57H48N2. The van der Waals surface area contributed by atoms with Crippen molar-refractivity contribution < 1.29 is 0 Å². The molecule has 3 aliphatic rings. The first-order valence-corrected chi connectivity index (χ1v) is 21.0. The van der Waals surface area contributed by atoms with Crippen LogP contribution in [0.15, 0.2) is 176 Å². The first kappa shape index (κ1) is 35.5. The highest BCUT2D eigenvalue weighted by Crippen LogP contribution is 2.58. The zero-order chi connectivity index (χ0) is 40.3. The number of hydrogen-bond donors (Lipinski definition) is 1. The van der Waals surface area contributed by atoms with Crippen LogP contribution in [0.3, 0.4) is 0 Å². The average molecular weight is 761 g/mol. The van der Waals surface area contributed by atoms with Gasteiger partial charge in [0.2, 0.25) is 0 Å². The summed E-state index contributed by atoms with van der Waals surface area (Å²) in [6.07, 6.45) is 0. The number of fused-ring (bicyclic) bond motifs is 8. The van der Waals surface area contributed by atoms with Crippen LogP contribution in [-0.2, 0) is 16.2 Å². The van der Waals surface area contributed by atoms with E-state index in [1.54, 1.807) is 0 Å². The highest BCUT2D eigenvalue weighted by atomic mass is 15.2. The largest absolute Gasteiger partial charge is 0.356 e. The van der Waals surface area contributed by atoms with Crippen molar-refractivity contribution in [2.24, 2.45) is 0 Å². The molecule has 1 aliphatic heterocycles. The Kier molecular flexibility index (Phi) is 7.63. The minimum absolute atomic E-state index is 0.108. The van der Waals surface area contributed by atoms with E-state index >= 15 is 0 Å². The zero-order valence-electron chi connectivity index (χ0n) is 34.7. The number of benzene rings is 8. The smallest absolute Gasteiger partial charge is 0.0506 e. The van der Waals surface area contributed by atoms with E-state index in [4.69, 9.17) is 0 Å². The molecule has 8 aromatic carbocycles. The molecule has 0 saturated carbocycles. The highest BCUT2D eigenvalue weighted by molar-refractivity contribution is 5.92. The summed E-state index contributed by atoms with van der Waals surface area (Å²) in [5.74, 6) is 0. The first-order chi connectivity index (χ1) is 28.5. The molecule has 0 bridgehead atoms. The Morgan fingerprint density at radius 2 is 0.797 bits per heavy atom. The first-order valence-electron chi connectivity index (χ1n) is 21.0. The Morgan fingerprint density at radius 3 is 1.42 bits per heavy atom. The number of nitrogens with one attached hydrogen (secondary N) is 1. The monoisotopic (exact) mass is 760 g/mol. The molecule has 2 heteroatoms. The van der Waals surface area contributed by atoms with Crippen LogP contribution in [0, 0.1) is 0 Å². The van der Waals surface area contributed by atoms with Crippen molar-refractivity contribution in [1.29, 1.82) is 0 Å². The van der Waals surface area contributed by atoms with Gasteiger partial charge in [-0.2, -0.15) is 0 Å². The fraction of sp³-hybridized carbons (Fsp3) is 0.158. The van der Waals surface area contributed by atoms with Crippen LogP contribution in [0.25, 0.3) is 44.5 Å². The van der Waals surface area contributed by atoms with Crippen LogP contribution >= 0.6 is 0 Å². The summed E-state index contributed by atoms with van der Waals surface area (Å²) in [6, 6.07) is 65.4. The predicted molar refractivity (Wildman–Crippen MR) is 249 cm³/mol. The van der Waals surface area contributed by atoms with Crippen molar-refractivity contribution in [1.82, 2.24) is 0 Å². The van der Waals surface area contributed by atoms with E-state index in [1.165, 1.54) is 95.0 Å². The molecule has 1 N–H and O–H groups in total. The number of para-hydroxylation sites is 3. The van der Waals surface area contributed by atoms with Crippen molar-refractivity contribution in [2.45, 2.75) is 57.8 Å². The van der Waals surface area contributed by atoms with Crippen LogP contribution in [0.5, 0.6) is 0 Å². The zero-order valence-corrected chi connectivity index (χ0v) is 34.7. The van der Waals surface area contributed by atoms with Crippen molar-refractivity contribution in [3.63, 3.8) is 0 Å². The number of hydrogen-bond acceptors (Lipinski definition) is 2. The Hall–Kier alpha value is -6.64. The molecule has 0 fully saturated rings. The molecule has 8 aromatic rings. The Bertz CT molecular complexity index is 2970. The van der Waals surface area contributed by atoms with Gasteiger partial charge in [0.1, 0.15) is 0 Å². The van der Waals surface area contributed by atoms with Gasteiger partial charge in [0, 0.05) is 33.3 Å². The van der Waals surface area contributed by atoms with E-state index in [-0.39, 0.29) is 16.2 Å². The molecule has 0 unspecified atom stereocenters. The van der Waals surface area contributed by atoms with Crippen molar-refractivity contribution >= 4 is 28.4 Å². The third-order valence-electron chi connectivity index (χ3n) is 13.8. The van der Waals surface area contributed by atoms with Gasteiger partial charge in [-0.25, -0.2) is 0 Å². The van der Waals surface area contributed by atoms with E-state index in [0.29, 0.717) is 0 Å². The van der Waals surface area contributed by atoms with Crippen LogP contribution in [0.2, 0.25) is 0 Å². The lowest BCUT2D eigenvalue weighted by molar-refractivity contribution is 0.627. The fourth-order valence-electron chi connectivity index (χ4n) is 10.5. The van der Waals surface area contributed by atoms with Gasteiger partial charge in [0.15, 0.2) is 0 Å². The van der Waals surface area contributed by atoms with Crippen molar-refractivity contribution in [2.75, 3.05) is 10.2 Å². The second-order valence-corrected chi connectivity index (χ2v) is 18.3. The second kappa shape index (κ2) is 12.7. The van der Waals surface area contributed by atoms with E-state index in [0.717, 1.165) is 11.4 Å². The highest BCUT2D eigenvalue weighted by Gasteiger charge is 2.42. The lowest BCUT2D eigenvalue weighted by Crippen LogP contribution is -2.31. The number of nitrogens with zero attached hydrogens (tertiary/aromatic N) is 1. The van der Waals surface area contributed by atoms with Crippen LogP contribution in [0.1, 0.15) is 74.9 Å². The lowest BCUT2D eigenvalue weighted by Gasteiger charge is -2.42. The van der Waals surface area contributed by atoms with Gasteiger partial charge in [-0.3, -0.25) is 0 Å². The molecule has 286 valence electrons. The molecule has 0 spiro atoms. The number of rotatable bonds is 5. The average Bonchev–Trinajstić information content (AvgIpc) is 3.62. The van der Waals surface area contributed by atoms with Gasteiger partial charge in [-0.1, -0.05) is 151 Å². The van der Waals surface area contributed by atoms with Gasteiger partial charge in [0.05, 0.1) is 11.4 Å². The summed E-state index contributed by atoms with van der Waals surface area (Å²) < 4.78 is 0. The standard InChI is InChI=1S/C57H48N2/c1-55(2)47-19-13-14-20-53(47)59(42-17-11-8-12-18-42)54-35-51-46(34-52(54)55)45-29-26-39(32-49(45)57(51,5)6)37-23-21-36(22-24-37)38-25-28-43-44-30-27-41(58-40-15-9-7-10-16-40)33-50(44)56(3,4)48(43)31-38/h7-35,58H,1-6H3. The molecule has 0 amide bonds. The van der Waals surface area contributed by atoms with E-state index < -0.39 is 0 Å². The molecular weight excluding hydrogens is 713 g/mol. The molecule has 1 heterocycles. The normalized spacial score (nSPS) is 15.7. The minimum atomic E-state index is -0.160. The Balaban J connectivity index is 0.914. The topological polar surface area (TPSA) is 15.3 Å². The Morgan fingerprint density at radius 1 is 0.322 bits per heavy atom. The van der Waals surface area contributed by atoms with Gasteiger partial charge < -0.3 is 10.2 Å². The van der Waals surface area contributed by atoms with Crippen molar-refractivity contribution in [3.8, 4) is 44.5 Å². The summed E-state index contributed by atoms with van der Waals surface area (Å²) in [6.45, 7) is 14.3. The van der Waals surface area contributed by atoms with Gasteiger partial charge in [-0.15, -0.1) is 0 Å². The predicted octanol–water partition coefficient (Wildman–Crippen LogP) is 15.5. The van der Waals surface area contributed by atoms with Gasteiger partial charge >= 0.3 is 0 Å². The SMILES string of the molecule is CC1(C)c2cc(Nc3ccccc3)ccc2-c2ccc(-c3ccc(-c4ccc5c(c4)C(C)(C)c4cc6c(cc4-5)C(C)(C)c4ccccc4N6c4ccccc4)cc3)cc21. The maximum atomic E-state index is 3.60. The summed E-state index contributed by atoms with van der Waals surface area (Å²) >= 11 is 0. The molecule has 0 radical (unpaired) electrons. The summed E-state index contributed by atoms with van der Waals surface area (Å²) in [4.78, 5) is 2.48. The lowest BCUT2D eigenvalue weighted by atomic mass is 9.72. The summed E-state index contributed by atoms with van der Waals surface area (Å²) in [5.41, 5.74) is 24.1. The molecule has 11 rings (SSSR count).